The van der Waals surface area contributed by atoms with Gasteiger partial charge in [-0.1, -0.05) is 15.9 Å². The molecule has 0 N–H and O–H groups in total. The van der Waals surface area contributed by atoms with E-state index in [2.05, 4.69) is 27.1 Å². The first kappa shape index (κ1) is 10.1. The van der Waals surface area contributed by atoms with Crippen molar-refractivity contribution >= 4 is 27.5 Å². The van der Waals surface area contributed by atoms with Gasteiger partial charge in [0.05, 0.1) is 5.69 Å². The minimum atomic E-state index is 0.226. The highest BCUT2D eigenvalue weighted by Gasteiger charge is 2.09. The SMILES string of the molecule is Cc1cc(C)n(C(Br)CCCl)n1. The molecule has 0 spiro atoms. The second-order valence-electron chi connectivity index (χ2n) is 2.78. The van der Waals surface area contributed by atoms with Gasteiger partial charge in [-0.2, -0.15) is 5.10 Å². The van der Waals surface area contributed by atoms with Gasteiger partial charge in [-0.3, -0.25) is 4.68 Å². The Bertz CT molecular complexity index is 260. The molecule has 12 heavy (non-hydrogen) atoms. The lowest BCUT2D eigenvalue weighted by Crippen LogP contribution is -2.06. The normalized spacial score (nSPS) is 13.3. The number of hydrogen-bond donors (Lipinski definition) is 0. The largest absolute Gasteiger partial charge is 0.256 e. The smallest absolute Gasteiger partial charge is 0.108 e. The molecule has 1 aromatic rings. The summed E-state index contributed by atoms with van der Waals surface area (Å²) < 4.78 is 1.96. The molecule has 68 valence electrons. The maximum atomic E-state index is 5.63. The molecule has 0 fully saturated rings. The summed E-state index contributed by atoms with van der Waals surface area (Å²) in [7, 11) is 0. The summed E-state index contributed by atoms with van der Waals surface area (Å²) in [5.74, 6) is 0.647. The molecular weight excluding hydrogens is 239 g/mol. The topological polar surface area (TPSA) is 17.8 Å². The van der Waals surface area contributed by atoms with Crippen molar-refractivity contribution in [2.24, 2.45) is 0 Å². The van der Waals surface area contributed by atoms with Crippen LogP contribution >= 0.6 is 27.5 Å². The highest BCUT2D eigenvalue weighted by Crippen LogP contribution is 2.21. The van der Waals surface area contributed by atoms with Crippen LogP contribution in [-0.2, 0) is 0 Å². The third-order valence-electron chi connectivity index (χ3n) is 1.66. The van der Waals surface area contributed by atoms with Crippen molar-refractivity contribution in [3.8, 4) is 0 Å². The van der Waals surface area contributed by atoms with Crippen LogP contribution in [0.25, 0.3) is 0 Å². The molecule has 0 amide bonds. The van der Waals surface area contributed by atoms with E-state index in [-0.39, 0.29) is 4.95 Å². The van der Waals surface area contributed by atoms with Crippen LogP contribution in [0.4, 0.5) is 0 Å². The van der Waals surface area contributed by atoms with Gasteiger partial charge in [-0.15, -0.1) is 11.6 Å². The van der Waals surface area contributed by atoms with Gasteiger partial charge < -0.3 is 0 Å². The summed E-state index contributed by atoms with van der Waals surface area (Å²) >= 11 is 9.16. The maximum Gasteiger partial charge on any atom is 0.108 e. The lowest BCUT2D eigenvalue weighted by Gasteiger charge is -2.10. The lowest BCUT2D eigenvalue weighted by molar-refractivity contribution is 0.579. The summed E-state index contributed by atoms with van der Waals surface area (Å²) in [5, 5.41) is 4.34. The van der Waals surface area contributed by atoms with Crippen molar-refractivity contribution in [2.75, 3.05) is 5.88 Å². The minimum Gasteiger partial charge on any atom is -0.256 e. The number of rotatable bonds is 3. The fraction of sp³-hybridized carbons (Fsp3) is 0.625. The van der Waals surface area contributed by atoms with Crippen molar-refractivity contribution in [3.63, 3.8) is 0 Å². The van der Waals surface area contributed by atoms with Gasteiger partial charge in [-0.25, -0.2) is 0 Å². The number of hydrogen-bond acceptors (Lipinski definition) is 1. The zero-order valence-electron chi connectivity index (χ0n) is 7.22. The van der Waals surface area contributed by atoms with Gasteiger partial charge in [0, 0.05) is 11.6 Å². The average molecular weight is 252 g/mol. The lowest BCUT2D eigenvalue weighted by atomic mass is 10.4. The van der Waals surface area contributed by atoms with Crippen LogP contribution in [0.3, 0.4) is 0 Å². The average Bonchev–Trinajstić information content (AvgIpc) is 2.30. The van der Waals surface area contributed by atoms with Gasteiger partial charge in [0.2, 0.25) is 0 Å². The van der Waals surface area contributed by atoms with Gasteiger partial charge in [0.25, 0.3) is 0 Å². The number of nitrogens with zero attached hydrogens (tertiary/aromatic N) is 2. The third kappa shape index (κ3) is 2.23. The Labute approximate surface area is 86.0 Å². The quantitative estimate of drug-likeness (QED) is 0.755. The predicted molar refractivity (Wildman–Crippen MR) is 55.0 cm³/mol. The number of aryl methyl sites for hydroxylation is 2. The molecule has 0 aliphatic heterocycles. The van der Waals surface area contributed by atoms with Crippen LogP contribution in [0.15, 0.2) is 6.07 Å². The first-order chi connectivity index (χ1) is 5.65. The zero-order valence-corrected chi connectivity index (χ0v) is 9.56. The summed E-state index contributed by atoms with van der Waals surface area (Å²) in [6, 6.07) is 2.06. The minimum absolute atomic E-state index is 0.226. The van der Waals surface area contributed by atoms with Crippen LogP contribution < -0.4 is 0 Å². The van der Waals surface area contributed by atoms with E-state index in [1.165, 1.54) is 5.69 Å². The van der Waals surface area contributed by atoms with E-state index in [0.717, 1.165) is 12.1 Å². The molecule has 1 rings (SSSR count). The van der Waals surface area contributed by atoms with Crippen LogP contribution in [-0.4, -0.2) is 15.7 Å². The van der Waals surface area contributed by atoms with Crippen LogP contribution in [0, 0.1) is 13.8 Å². The summed E-state index contributed by atoms with van der Waals surface area (Å²) in [6.07, 6.45) is 0.892. The first-order valence-corrected chi connectivity index (χ1v) is 5.33. The number of aromatic nitrogens is 2. The van der Waals surface area contributed by atoms with E-state index in [9.17, 15) is 0 Å². The standard InChI is InChI=1S/C8H12BrClN2/c1-6-5-7(2)12(11-6)8(9)3-4-10/h5,8H,3-4H2,1-2H3. The summed E-state index contributed by atoms with van der Waals surface area (Å²) in [4.78, 5) is 0.226. The Morgan fingerprint density at radius 1 is 1.67 bits per heavy atom. The first-order valence-electron chi connectivity index (χ1n) is 3.88. The van der Waals surface area contributed by atoms with Crippen molar-refractivity contribution in [1.82, 2.24) is 9.78 Å². The Hall–Kier alpha value is -0.0200. The predicted octanol–water partition coefficient (Wildman–Crippen LogP) is 3.02. The van der Waals surface area contributed by atoms with Crippen molar-refractivity contribution in [1.29, 1.82) is 0 Å². The molecule has 0 aliphatic carbocycles. The molecule has 1 aromatic heterocycles. The van der Waals surface area contributed by atoms with Gasteiger partial charge in [-0.05, 0) is 26.3 Å². The van der Waals surface area contributed by atoms with E-state index < -0.39 is 0 Å². The molecule has 1 heterocycles. The van der Waals surface area contributed by atoms with E-state index >= 15 is 0 Å². The fourth-order valence-corrected chi connectivity index (χ4v) is 2.26. The van der Waals surface area contributed by atoms with E-state index in [4.69, 9.17) is 11.6 Å². The van der Waals surface area contributed by atoms with Gasteiger partial charge >= 0.3 is 0 Å². The van der Waals surface area contributed by atoms with Crippen molar-refractivity contribution in [3.05, 3.63) is 17.5 Å². The second kappa shape index (κ2) is 4.28. The Morgan fingerprint density at radius 2 is 2.33 bits per heavy atom. The molecule has 2 nitrogen and oxygen atoms in total. The molecule has 4 heteroatoms. The Kier molecular flexibility index (Phi) is 3.59. The monoisotopic (exact) mass is 250 g/mol. The Balaban J connectivity index is 2.79. The third-order valence-corrected chi connectivity index (χ3v) is 2.72. The van der Waals surface area contributed by atoms with E-state index in [0.29, 0.717) is 5.88 Å². The van der Waals surface area contributed by atoms with Crippen LogP contribution in [0.2, 0.25) is 0 Å². The van der Waals surface area contributed by atoms with Crippen LogP contribution in [0.5, 0.6) is 0 Å². The molecule has 0 bridgehead atoms. The maximum absolute atomic E-state index is 5.63. The number of alkyl halides is 2. The molecule has 0 radical (unpaired) electrons. The second-order valence-corrected chi connectivity index (χ2v) is 4.22. The van der Waals surface area contributed by atoms with Crippen LogP contribution in [0.1, 0.15) is 22.8 Å². The van der Waals surface area contributed by atoms with E-state index in [1.54, 1.807) is 0 Å². The molecule has 0 saturated heterocycles. The molecular formula is C8H12BrClN2. The van der Waals surface area contributed by atoms with Gasteiger partial charge in [0.15, 0.2) is 0 Å². The van der Waals surface area contributed by atoms with Gasteiger partial charge in [0.1, 0.15) is 4.95 Å². The number of halogens is 2. The molecule has 0 saturated carbocycles. The molecule has 0 aromatic carbocycles. The molecule has 1 atom stereocenters. The highest BCUT2D eigenvalue weighted by molar-refractivity contribution is 9.09. The summed E-state index contributed by atoms with van der Waals surface area (Å²) in [5.41, 5.74) is 2.21. The van der Waals surface area contributed by atoms with Crippen molar-refractivity contribution in [2.45, 2.75) is 25.2 Å². The Morgan fingerprint density at radius 3 is 2.75 bits per heavy atom. The molecule has 0 aliphatic rings. The molecule has 1 unspecified atom stereocenters. The highest BCUT2D eigenvalue weighted by atomic mass is 79.9. The zero-order chi connectivity index (χ0) is 9.14. The van der Waals surface area contributed by atoms with Crippen molar-refractivity contribution < 1.29 is 0 Å². The fourth-order valence-electron chi connectivity index (χ4n) is 1.14. The van der Waals surface area contributed by atoms with E-state index in [1.807, 2.05) is 18.5 Å². The summed E-state index contributed by atoms with van der Waals surface area (Å²) in [6.45, 7) is 4.03.